The summed E-state index contributed by atoms with van der Waals surface area (Å²) < 4.78 is 42.0. The lowest BCUT2D eigenvalue weighted by Crippen LogP contribution is -2.13. The second-order valence-electron chi connectivity index (χ2n) is 5.46. The predicted molar refractivity (Wildman–Crippen MR) is 105 cm³/mol. The third-order valence-corrected chi connectivity index (χ3v) is 6.42. The van der Waals surface area contributed by atoms with Crippen LogP contribution >= 0.6 is 46.4 Å². The zero-order valence-corrected chi connectivity index (χ0v) is 17.1. The van der Waals surface area contributed by atoms with Crippen molar-refractivity contribution in [2.24, 2.45) is 0 Å². The first-order valence-electron chi connectivity index (χ1n) is 7.29. The van der Waals surface area contributed by atoms with Gasteiger partial charge in [-0.25, -0.2) is 12.8 Å². The van der Waals surface area contributed by atoms with Crippen LogP contribution in [0.15, 0.2) is 47.6 Å². The standard InChI is InChI=1S/C16H10Cl4FN3O2S/c17-12-3-10(21)2-1-9(12)7-24-8-11(6-22-24)23-27(25,26)16-5-14(19)13(18)4-15(16)20/h1-6,8,23H,7H2. The van der Waals surface area contributed by atoms with Crippen molar-refractivity contribution in [3.05, 3.63) is 74.2 Å². The maximum atomic E-state index is 13.1. The number of nitrogens with one attached hydrogen (secondary N) is 1. The topological polar surface area (TPSA) is 64.0 Å². The van der Waals surface area contributed by atoms with Gasteiger partial charge in [-0.05, 0) is 29.8 Å². The third kappa shape index (κ3) is 4.67. The molecule has 0 unspecified atom stereocenters. The molecule has 0 aliphatic rings. The number of halogens is 5. The van der Waals surface area contributed by atoms with Gasteiger partial charge < -0.3 is 0 Å². The molecule has 1 heterocycles. The maximum Gasteiger partial charge on any atom is 0.263 e. The van der Waals surface area contributed by atoms with Gasteiger partial charge in [-0.15, -0.1) is 0 Å². The number of hydrogen-bond acceptors (Lipinski definition) is 3. The van der Waals surface area contributed by atoms with E-state index in [1.807, 2.05) is 0 Å². The van der Waals surface area contributed by atoms with Crippen molar-refractivity contribution < 1.29 is 12.8 Å². The molecule has 0 saturated carbocycles. The molecule has 142 valence electrons. The summed E-state index contributed by atoms with van der Waals surface area (Å²) in [6.07, 6.45) is 2.78. The lowest BCUT2D eigenvalue weighted by atomic mass is 10.2. The van der Waals surface area contributed by atoms with Crippen LogP contribution in [0.4, 0.5) is 10.1 Å². The summed E-state index contributed by atoms with van der Waals surface area (Å²) in [5.74, 6) is -0.448. The fourth-order valence-electron chi connectivity index (χ4n) is 2.25. The van der Waals surface area contributed by atoms with E-state index in [-0.39, 0.29) is 37.2 Å². The molecule has 5 nitrogen and oxygen atoms in total. The molecule has 0 aliphatic carbocycles. The van der Waals surface area contributed by atoms with Crippen LogP contribution in [0, 0.1) is 5.82 Å². The molecule has 3 rings (SSSR count). The molecule has 1 aromatic heterocycles. The summed E-state index contributed by atoms with van der Waals surface area (Å²) in [7, 11) is -4.01. The first kappa shape index (κ1) is 20.2. The van der Waals surface area contributed by atoms with Gasteiger partial charge in [-0.3, -0.25) is 9.40 Å². The van der Waals surface area contributed by atoms with Crippen LogP contribution in [0.2, 0.25) is 20.1 Å². The Kier molecular flexibility index (Phi) is 5.88. The number of benzene rings is 2. The van der Waals surface area contributed by atoms with Crippen molar-refractivity contribution in [2.75, 3.05) is 4.72 Å². The van der Waals surface area contributed by atoms with Crippen LogP contribution in [0.5, 0.6) is 0 Å². The SMILES string of the molecule is O=S(=O)(Nc1cnn(Cc2ccc(F)cc2Cl)c1)c1cc(Cl)c(Cl)cc1Cl. The number of sulfonamides is 1. The third-order valence-electron chi connectivity index (χ3n) is 3.50. The minimum atomic E-state index is -4.01. The Bertz CT molecular complexity index is 1120. The lowest BCUT2D eigenvalue weighted by Gasteiger charge is -2.09. The summed E-state index contributed by atoms with van der Waals surface area (Å²) in [5.41, 5.74) is 0.832. The molecular formula is C16H10Cl4FN3O2S. The molecule has 0 spiro atoms. The zero-order chi connectivity index (χ0) is 19.8. The normalized spacial score (nSPS) is 11.6. The first-order valence-corrected chi connectivity index (χ1v) is 10.3. The van der Waals surface area contributed by atoms with E-state index in [2.05, 4.69) is 9.82 Å². The summed E-state index contributed by atoms with van der Waals surface area (Å²) in [6, 6.07) is 6.41. The minimum absolute atomic E-state index is 0.0584. The summed E-state index contributed by atoms with van der Waals surface area (Å²) in [5, 5.41) is 4.44. The van der Waals surface area contributed by atoms with Gasteiger partial charge in [-0.2, -0.15) is 5.10 Å². The molecule has 0 bridgehead atoms. The largest absolute Gasteiger partial charge is 0.276 e. The Balaban J connectivity index is 1.82. The van der Waals surface area contributed by atoms with Gasteiger partial charge in [0.2, 0.25) is 0 Å². The van der Waals surface area contributed by atoms with Crippen molar-refractivity contribution >= 4 is 62.1 Å². The summed E-state index contributed by atoms with van der Waals surface area (Å²) >= 11 is 23.7. The zero-order valence-electron chi connectivity index (χ0n) is 13.3. The van der Waals surface area contributed by atoms with Gasteiger partial charge in [0.25, 0.3) is 10.0 Å². The van der Waals surface area contributed by atoms with Gasteiger partial charge in [0.15, 0.2) is 0 Å². The smallest absolute Gasteiger partial charge is 0.263 e. The number of rotatable bonds is 5. The Morgan fingerprint density at radius 2 is 1.70 bits per heavy atom. The average molecular weight is 469 g/mol. The van der Waals surface area contributed by atoms with Crippen molar-refractivity contribution in [1.82, 2.24) is 9.78 Å². The maximum absolute atomic E-state index is 13.1. The van der Waals surface area contributed by atoms with Gasteiger partial charge in [0.1, 0.15) is 10.7 Å². The average Bonchev–Trinajstić information content (AvgIpc) is 2.99. The highest BCUT2D eigenvalue weighted by atomic mass is 35.5. The molecule has 27 heavy (non-hydrogen) atoms. The van der Waals surface area contributed by atoms with Crippen LogP contribution < -0.4 is 4.72 Å². The van der Waals surface area contributed by atoms with Crippen molar-refractivity contribution in [3.63, 3.8) is 0 Å². The predicted octanol–water partition coefficient (Wildman–Crippen LogP) is 5.48. The second kappa shape index (κ2) is 7.85. The summed E-state index contributed by atoms with van der Waals surface area (Å²) in [6.45, 7) is 0.231. The minimum Gasteiger partial charge on any atom is -0.276 e. The highest BCUT2D eigenvalue weighted by Crippen LogP contribution is 2.32. The van der Waals surface area contributed by atoms with Crippen LogP contribution in [-0.4, -0.2) is 18.2 Å². The first-order chi connectivity index (χ1) is 12.7. The van der Waals surface area contributed by atoms with Crippen LogP contribution in [0.1, 0.15) is 5.56 Å². The molecule has 0 radical (unpaired) electrons. The van der Waals surface area contributed by atoms with E-state index in [9.17, 15) is 12.8 Å². The van der Waals surface area contributed by atoms with Crippen molar-refractivity contribution in [2.45, 2.75) is 11.4 Å². The number of anilines is 1. The highest BCUT2D eigenvalue weighted by molar-refractivity contribution is 7.92. The van der Waals surface area contributed by atoms with E-state index in [1.165, 1.54) is 41.3 Å². The molecular weight excluding hydrogens is 459 g/mol. The van der Waals surface area contributed by atoms with E-state index in [0.717, 1.165) is 6.07 Å². The van der Waals surface area contributed by atoms with Gasteiger partial charge >= 0.3 is 0 Å². The fraction of sp³-hybridized carbons (Fsp3) is 0.0625. The number of hydrogen-bond donors (Lipinski definition) is 1. The monoisotopic (exact) mass is 467 g/mol. The molecule has 3 aromatic rings. The Hall–Kier alpha value is -1.51. The lowest BCUT2D eigenvalue weighted by molar-refractivity contribution is 0.601. The Morgan fingerprint density at radius 3 is 2.41 bits per heavy atom. The van der Waals surface area contributed by atoms with E-state index in [4.69, 9.17) is 46.4 Å². The number of nitrogens with zero attached hydrogens (tertiary/aromatic N) is 2. The van der Waals surface area contributed by atoms with E-state index < -0.39 is 15.8 Å². The molecule has 0 fully saturated rings. The van der Waals surface area contributed by atoms with Gasteiger partial charge in [-0.1, -0.05) is 52.5 Å². The van der Waals surface area contributed by atoms with Crippen LogP contribution in [-0.2, 0) is 16.6 Å². The highest BCUT2D eigenvalue weighted by Gasteiger charge is 2.21. The molecule has 0 amide bonds. The van der Waals surface area contributed by atoms with Crippen LogP contribution in [0.25, 0.3) is 0 Å². The van der Waals surface area contributed by atoms with E-state index >= 15 is 0 Å². The second-order valence-corrected chi connectivity index (χ2v) is 8.74. The van der Waals surface area contributed by atoms with Gasteiger partial charge in [0, 0.05) is 11.2 Å². The Labute approximate surface area is 174 Å². The van der Waals surface area contributed by atoms with E-state index in [1.54, 1.807) is 0 Å². The molecule has 11 heteroatoms. The van der Waals surface area contributed by atoms with Crippen molar-refractivity contribution in [1.29, 1.82) is 0 Å². The van der Waals surface area contributed by atoms with Crippen molar-refractivity contribution in [3.8, 4) is 0 Å². The van der Waals surface area contributed by atoms with Gasteiger partial charge in [0.05, 0.1) is 33.5 Å². The Morgan fingerprint density at radius 1 is 1.00 bits per heavy atom. The fourth-order valence-corrected chi connectivity index (χ4v) is 4.51. The molecule has 2 aromatic carbocycles. The molecule has 0 aliphatic heterocycles. The van der Waals surface area contributed by atoms with E-state index in [0.29, 0.717) is 5.56 Å². The molecule has 0 saturated heterocycles. The molecule has 0 atom stereocenters. The van der Waals surface area contributed by atoms with Crippen LogP contribution in [0.3, 0.4) is 0 Å². The quantitative estimate of drug-likeness (QED) is 0.504. The summed E-state index contributed by atoms with van der Waals surface area (Å²) in [4.78, 5) is -0.215. The number of aromatic nitrogens is 2. The molecule has 1 N–H and O–H groups in total.